The Kier molecular flexibility index (Phi) is 5.08. The van der Waals surface area contributed by atoms with Gasteiger partial charge in [0.25, 0.3) is 0 Å². The van der Waals surface area contributed by atoms with E-state index in [0.29, 0.717) is 25.3 Å². The topological polar surface area (TPSA) is 53.3 Å². The zero-order valence-electron chi connectivity index (χ0n) is 10.9. The van der Waals surface area contributed by atoms with Gasteiger partial charge in [0.15, 0.2) is 5.78 Å². The molecule has 0 saturated carbocycles. The van der Waals surface area contributed by atoms with Gasteiger partial charge in [-0.25, -0.2) is 0 Å². The highest BCUT2D eigenvalue weighted by Crippen LogP contribution is 2.14. The van der Waals surface area contributed by atoms with Gasteiger partial charge in [0.05, 0.1) is 19.3 Å². The van der Waals surface area contributed by atoms with E-state index in [1.807, 2.05) is 30.3 Å². The number of carbonyl (C=O) groups is 1. The van der Waals surface area contributed by atoms with Gasteiger partial charge in [-0.05, 0) is 0 Å². The maximum Gasteiger partial charge on any atom is 0.168 e. The van der Waals surface area contributed by atoms with E-state index in [9.17, 15) is 4.79 Å². The summed E-state index contributed by atoms with van der Waals surface area (Å²) >= 11 is 0. The summed E-state index contributed by atoms with van der Waals surface area (Å²) in [5, 5.41) is 8.92. The average molecular weight is 258 g/mol. The van der Waals surface area contributed by atoms with Crippen molar-refractivity contribution >= 4 is 5.78 Å². The average Bonchev–Trinajstić information content (AvgIpc) is 2.48. The van der Waals surface area contributed by atoms with E-state index in [2.05, 4.69) is 11.0 Å². The van der Waals surface area contributed by atoms with Gasteiger partial charge in [0, 0.05) is 37.5 Å². The fourth-order valence-electron chi connectivity index (χ4n) is 2.28. The molecular formula is C15H18N2O2. The molecule has 1 heterocycles. The quantitative estimate of drug-likeness (QED) is 0.755. The van der Waals surface area contributed by atoms with Crippen LogP contribution in [0.1, 0.15) is 16.8 Å². The van der Waals surface area contributed by atoms with Crippen LogP contribution in [0.5, 0.6) is 0 Å². The van der Waals surface area contributed by atoms with Crippen LogP contribution in [-0.4, -0.2) is 43.5 Å². The molecular weight excluding hydrogens is 240 g/mol. The lowest BCUT2D eigenvalue weighted by Gasteiger charge is -2.29. The smallest absolute Gasteiger partial charge is 0.168 e. The number of morpholine rings is 1. The van der Waals surface area contributed by atoms with Crippen LogP contribution in [0, 0.1) is 17.2 Å². The molecule has 1 aliphatic heterocycles. The molecule has 1 aliphatic rings. The zero-order chi connectivity index (χ0) is 13.5. The van der Waals surface area contributed by atoms with Gasteiger partial charge < -0.3 is 4.74 Å². The second-order valence-electron chi connectivity index (χ2n) is 4.70. The third-order valence-electron chi connectivity index (χ3n) is 3.35. The molecule has 100 valence electrons. The van der Waals surface area contributed by atoms with Crippen LogP contribution in [0.2, 0.25) is 0 Å². The van der Waals surface area contributed by atoms with Crippen molar-refractivity contribution in [2.75, 3.05) is 32.8 Å². The number of rotatable bonds is 5. The van der Waals surface area contributed by atoms with Gasteiger partial charge in [-0.2, -0.15) is 5.26 Å². The lowest BCUT2D eigenvalue weighted by atomic mass is 9.94. The molecule has 1 unspecified atom stereocenters. The minimum absolute atomic E-state index is 0.0636. The Morgan fingerprint density at radius 1 is 1.32 bits per heavy atom. The van der Waals surface area contributed by atoms with E-state index in [1.54, 1.807) is 0 Å². The number of benzene rings is 1. The summed E-state index contributed by atoms with van der Waals surface area (Å²) in [4.78, 5) is 14.6. The molecule has 1 aromatic rings. The summed E-state index contributed by atoms with van der Waals surface area (Å²) in [6.07, 6.45) is 0.269. The largest absolute Gasteiger partial charge is 0.379 e. The standard InChI is InChI=1S/C15H18N2O2/c16-7-6-14(12-17-8-10-19-11-9-17)15(18)13-4-2-1-3-5-13/h1-5,14H,6,8-12H2. The van der Waals surface area contributed by atoms with Crippen molar-refractivity contribution in [3.63, 3.8) is 0 Å². The predicted molar refractivity (Wildman–Crippen MR) is 71.8 cm³/mol. The van der Waals surface area contributed by atoms with E-state index in [-0.39, 0.29) is 18.1 Å². The van der Waals surface area contributed by atoms with Crippen molar-refractivity contribution in [2.24, 2.45) is 5.92 Å². The molecule has 0 N–H and O–H groups in total. The summed E-state index contributed by atoms with van der Waals surface area (Å²) in [5.74, 6) is -0.181. The number of ether oxygens (including phenoxy) is 1. The Morgan fingerprint density at radius 2 is 2.00 bits per heavy atom. The second-order valence-corrected chi connectivity index (χ2v) is 4.70. The monoisotopic (exact) mass is 258 g/mol. The number of hydrogen-bond donors (Lipinski definition) is 0. The minimum atomic E-state index is -0.245. The second kappa shape index (κ2) is 7.03. The van der Waals surface area contributed by atoms with Crippen molar-refractivity contribution in [3.8, 4) is 6.07 Å². The highest BCUT2D eigenvalue weighted by Gasteiger charge is 2.23. The Hall–Kier alpha value is -1.70. The Labute approximate surface area is 113 Å². The molecule has 4 nitrogen and oxygen atoms in total. The van der Waals surface area contributed by atoms with E-state index < -0.39 is 0 Å². The van der Waals surface area contributed by atoms with Crippen molar-refractivity contribution < 1.29 is 9.53 Å². The molecule has 1 atom stereocenters. The minimum Gasteiger partial charge on any atom is -0.379 e. The van der Waals surface area contributed by atoms with Crippen LogP contribution in [0.3, 0.4) is 0 Å². The molecule has 1 saturated heterocycles. The van der Waals surface area contributed by atoms with Crippen LogP contribution in [0.15, 0.2) is 30.3 Å². The first kappa shape index (κ1) is 13.7. The fraction of sp³-hybridized carbons (Fsp3) is 0.467. The summed E-state index contributed by atoms with van der Waals surface area (Å²) < 4.78 is 5.29. The highest BCUT2D eigenvalue weighted by molar-refractivity contribution is 5.98. The third-order valence-corrected chi connectivity index (χ3v) is 3.35. The summed E-state index contributed by atoms with van der Waals surface area (Å²) in [7, 11) is 0. The molecule has 1 aromatic carbocycles. The highest BCUT2D eigenvalue weighted by atomic mass is 16.5. The van der Waals surface area contributed by atoms with E-state index >= 15 is 0 Å². The van der Waals surface area contributed by atoms with E-state index in [1.165, 1.54) is 0 Å². The number of carbonyl (C=O) groups excluding carboxylic acids is 1. The van der Waals surface area contributed by atoms with Crippen molar-refractivity contribution in [1.29, 1.82) is 5.26 Å². The van der Waals surface area contributed by atoms with Crippen LogP contribution in [-0.2, 0) is 4.74 Å². The van der Waals surface area contributed by atoms with Gasteiger partial charge >= 0.3 is 0 Å². The molecule has 0 radical (unpaired) electrons. The molecule has 0 amide bonds. The number of hydrogen-bond acceptors (Lipinski definition) is 4. The summed E-state index contributed by atoms with van der Waals surface area (Å²) in [6, 6.07) is 11.3. The normalized spacial score (nSPS) is 17.6. The van der Waals surface area contributed by atoms with E-state index in [0.717, 1.165) is 13.1 Å². The Balaban J connectivity index is 2.02. The number of ketones is 1. The summed E-state index contributed by atoms with van der Waals surface area (Å²) in [5.41, 5.74) is 0.691. The fourth-order valence-corrected chi connectivity index (χ4v) is 2.28. The van der Waals surface area contributed by atoms with Gasteiger partial charge in [0.2, 0.25) is 0 Å². The van der Waals surface area contributed by atoms with Crippen molar-refractivity contribution in [1.82, 2.24) is 4.90 Å². The van der Waals surface area contributed by atoms with Gasteiger partial charge in [-0.3, -0.25) is 9.69 Å². The molecule has 2 rings (SSSR count). The van der Waals surface area contributed by atoms with Gasteiger partial charge in [-0.1, -0.05) is 30.3 Å². The lowest BCUT2D eigenvalue weighted by Crippen LogP contribution is -2.41. The molecule has 4 heteroatoms. The van der Waals surface area contributed by atoms with Crippen LogP contribution in [0.4, 0.5) is 0 Å². The number of nitrogens with zero attached hydrogens (tertiary/aromatic N) is 2. The van der Waals surface area contributed by atoms with Crippen LogP contribution >= 0.6 is 0 Å². The van der Waals surface area contributed by atoms with Crippen LogP contribution in [0.25, 0.3) is 0 Å². The van der Waals surface area contributed by atoms with E-state index in [4.69, 9.17) is 10.00 Å². The maximum atomic E-state index is 12.4. The Bertz CT molecular complexity index is 447. The molecule has 0 spiro atoms. The first-order valence-corrected chi connectivity index (χ1v) is 6.57. The van der Waals surface area contributed by atoms with Crippen LogP contribution < -0.4 is 0 Å². The third kappa shape index (κ3) is 3.88. The van der Waals surface area contributed by atoms with Crippen molar-refractivity contribution in [3.05, 3.63) is 35.9 Å². The van der Waals surface area contributed by atoms with Crippen molar-refractivity contribution in [2.45, 2.75) is 6.42 Å². The molecule has 0 bridgehead atoms. The first-order chi connectivity index (χ1) is 9.31. The lowest BCUT2D eigenvalue weighted by molar-refractivity contribution is 0.0304. The molecule has 0 aliphatic carbocycles. The van der Waals surface area contributed by atoms with Gasteiger partial charge in [-0.15, -0.1) is 0 Å². The molecule has 19 heavy (non-hydrogen) atoms. The zero-order valence-corrected chi connectivity index (χ0v) is 10.9. The predicted octanol–water partition coefficient (Wildman–Crippen LogP) is 1.73. The first-order valence-electron chi connectivity index (χ1n) is 6.57. The molecule has 1 fully saturated rings. The maximum absolute atomic E-state index is 12.4. The summed E-state index contributed by atoms with van der Waals surface area (Å²) in [6.45, 7) is 3.73. The van der Waals surface area contributed by atoms with Gasteiger partial charge in [0.1, 0.15) is 0 Å². The Morgan fingerprint density at radius 3 is 2.63 bits per heavy atom. The number of Topliss-reactive ketones (excluding diaryl/α,β-unsaturated/α-hetero) is 1. The molecule has 0 aromatic heterocycles. The SMILES string of the molecule is N#CCC(CN1CCOCC1)C(=O)c1ccccc1. The number of nitriles is 1.